The first-order valence-electron chi connectivity index (χ1n) is 5.90. The number of ether oxygens (including phenoxy) is 2. The SMILES string of the molecule is COCCOCCCNc1cc(C)cc(N)c1. The van der Waals surface area contributed by atoms with Crippen molar-refractivity contribution < 1.29 is 9.47 Å². The van der Waals surface area contributed by atoms with Gasteiger partial charge in [0.2, 0.25) is 0 Å². The normalized spacial score (nSPS) is 10.5. The highest BCUT2D eigenvalue weighted by Crippen LogP contribution is 2.15. The Morgan fingerprint density at radius 2 is 2.00 bits per heavy atom. The molecule has 0 heterocycles. The largest absolute Gasteiger partial charge is 0.399 e. The van der Waals surface area contributed by atoms with Gasteiger partial charge in [-0.05, 0) is 37.1 Å². The molecule has 4 nitrogen and oxygen atoms in total. The standard InChI is InChI=1S/C13H22N2O2/c1-11-8-12(14)10-13(9-11)15-4-3-5-17-7-6-16-2/h8-10,15H,3-7,14H2,1-2H3. The summed E-state index contributed by atoms with van der Waals surface area (Å²) in [6.45, 7) is 4.98. The number of hydrogen-bond donors (Lipinski definition) is 2. The highest BCUT2D eigenvalue weighted by Gasteiger charge is 1.95. The van der Waals surface area contributed by atoms with Crippen LogP contribution in [0.3, 0.4) is 0 Å². The molecule has 0 spiro atoms. The Labute approximate surface area is 103 Å². The third kappa shape index (κ3) is 6.14. The molecule has 0 saturated carbocycles. The van der Waals surface area contributed by atoms with E-state index >= 15 is 0 Å². The van der Waals surface area contributed by atoms with Crippen LogP contribution in [-0.4, -0.2) is 33.5 Å². The third-order valence-corrected chi connectivity index (χ3v) is 2.33. The van der Waals surface area contributed by atoms with Crippen molar-refractivity contribution in [3.05, 3.63) is 23.8 Å². The number of methoxy groups -OCH3 is 1. The summed E-state index contributed by atoms with van der Waals surface area (Å²) in [5.74, 6) is 0. The van der Waals surface area contributed by atoms with Crippen molar-refractivity contribution in [2.45, 2.75) is 13.3 Å². The van der Waals surface area contributed by atoms with Gasteiger partial charge in [0.05, 0.1) is 13.2 Å². The molecular weight excluding hydrogens is 216 g/mol. The quantitative estimate of drug-likeness (QED) is 0.537. The summed E-state index contributed by atoms with van der Waals surface area (Å²) in [6.07, 6.45) is 0.970. The predicted octanol–water partition coefficient (Wildman–Crippen LogP) is 2.04. The second-order valence-electron chi connectivity index (χ2n) is 4.02. The lowest BCUT2D eigenvalue weighted by atomic mass is 10.2. The molecule has 0 aliphatic rings. The summed E-state index contributed by atoms with van der Waals surface area (Å²) in [7, 11) is 1.67. The Balaban J connectivity index is 2.13. The molecule has 0 fully saturated rings. The van der Waals surface area contributed by atoms with Gasteiger partial charge in [0.25, 0.3) is 0 Å². The number of anilines is 2. The molecule has 0 aliphatic heterocycles. The summed E-state index contributed by atoms with van der Waals surface area (Å²) in [6, 6.07) is 5.99. The number of nitrogen functional groups attached to an aromatic ring is 1. The maximum absolute atomic E-state index is 5.77. The maximum Gasteiger partial charge on any atom is 0.0700 e. The zero-order chi connectivity index (χ0) is 12.5. The van der Waals surface area contributed by atoms with Crippen LogP contribution in [0.15, 0.2) is 18.2 Å². The molecule has 0 aliphatic carbocycles. The lowest BCUT2D eigenvalue weighted by Crippen LogP contribution is -2.08. The molecule has 17 heavy (non-hydrogen) atoms. The molecule has 4 heteroatoms. The Bertz CT molecular complexity index is 309. The molecule has 0 atom stereocenters. The van der Waals surface area contributed by atoms with E-state index in [2.05, 4.69) is 11.4 Å². The van der Waals surface area contributed by atoms with Gasteiger partial charge in [0.1, 0.15) is 0 Å². The fourth-order valence-electron chi connectivity index (χ4n) is 1.57. The topological polar surface area (TPSA) is 56.5 Å². The van der Waals surface area contributed by atoms with E-state index in [1.807, 2.05) is 19.1 Å². The van der Waals surface area contributed by atoms with Crippen molar-refractivity contribution in [2.24, 2.45) is 0 Å². The van der Waals surface area contributed by atoms with Crippen molar-refractivity contribution in [2.75, 3.05) is 44.5 Å². The number of benzene rings is 1. The second-order valence-corrected chi connectivity index (χ2v) is 4.02. The summed E-state index contributed by atoms with van der Waals surface area (Å²) in [5, 5.41) is 3.33. The number of rotatable bonds is 8. The Hall–Kier alpha value is -1.26. The van der Waals surface area contributed by atoms with Crippen LogP contribution in [0.5, 0.6) is 0 Å². The molecule has 0 amide bonds. The minimum absolute atomic E-state index is 0.655. The van der Waals surface area contributed by atoms with Gasteiger partial charge >= 0.3 is 0 Å². The molecule has 1 aromatic carbocycles. The fraction of sp³-hybridized carbons (Fsp3) is 0.538. The van der Waals surface area contributed by atoms with Gasteiger partial charge in [0.15, 0.2) is 0 Å². The Morgan fingerprint density at radius 1 is 1.18 bits per heavy atom. The molecule has 0 unspecified atom stereocenters. The van der Waals surface area contributed by atoms with Crippen LogP contribution in [0.25, 0.3) is 0 Å². The van der Waals surface area contributed by atoms with Crippen LogP contribution in [0, 0.1) is 6.92 Å². The van der Waals surface area contributed by atoms with Crippen LogP contribution in [0.2, 0.25) is 0 Å². The number of nitrogens with one attached hydrogen (secondary N) is 1. The van der Waals surface area contributed by atoms with Gasteiger partial charge in [-0.15, -0.1) is 0 Å². The molecule has 1 rings (SSSR count). The Kier molecular flexibility index (Phi) is 6.43. The lowest BCUT2D eigenvalue weighted by Gasteiger charge is -2.08. The lowest BCUT2D eigenvalue weighted by molar-refractivity contribution is 0.0705. The second kappa shape index (κ2) is 7.92. The summed E-state index contributed by atoms with van der Waals surface area (Å²) >= 11 is 0. The van der Waals surface area contributed by atoms with Gasteiger partial charge in [0, 0.05) is 31.6 Å². The first-order chi connectivity index (χ1) is 8.22. The molecule has 0 radical (unpaired) electrons. The van der Waals surface area contributed by atoms with Crippen molar-refractivity contribution in [1.29, 1.82) is 0 Å². The van der Waals surface area contributed by atoms with Crippen LogP contribution in [-0.2, 0) is 9.47 Å². The minimum atomic E-state index is 0.655. The average Bonchev–Trinajstić information content (AvgIpc) is 2.26. The van der Waals surface area contributed by atoms with E-state index in [4.69, 9.17) is 15.2 Å². The zero-order valence-electron chi connectivity index (χ0n) is 10.7. The van der Waals surface area contributed by atoms with Crippen molar-refractivity contribution in [3.63, 3.8) is 0 Å². The smallest absolute Gasteiger partial charge is 0.0700 e. The summed E-state index contributed by atoms with van der Waals surface area (Å²) in [5.41, 5.74) is 8.80. The van der Waals surface area contributed by atoms with Gasteiger partial charge < -0.3 is 20.5 Å². The molecule has 1 aromatic rings. The average molecular weight is 238 g/mol. The first kappa shape index (κ1) is 13.8. The van der Waals surface area contributed by atoms with Crippen molar-refractivity contribution in [1.82, 2.24) is 0 Å². The van der Waals surface area contributed by atoms with Gasteiger partial charge in [-0.3, -0.25) is 0 Å². The molecule has 96 valence electrons. The predicted molar refractivity (Wildman–Crippen MR) is 71.4 cm³/mol. The minimum Gasteiger partial charge on any atom is -0.399 e. The first-order valence-corrected chi connectivity index (χ1v) is 5.90. The van der Waals surface area contributed by atoms with Crippen LogP contribution >= 0.6 is 0 Å². The van der Waals surface area contributed by atoms with E-state index in [-0.39, 0.29) is 0 Å². The fourth-order valence-corrected chi connectivity index (χ4v) is 1.57. The van der Waals surface area contributed by atoms with E-state index in [1.54, 1.807) is 7.11 Å². The monoisotopic (exact) mass is 238 g/mol. The summed E-state index contributed by atoms with van der Waals surface area (Å²) < 4.78 is 10.3. The zero-order valence-corrected chi connectivity index (χ0v) is 10.7. The van der Waals surface area contributed by atoms with E-state index in [0.717, 1.165) is 30.9 Å². The van der Waals surface area contributed by atoms with Gasteiger partial charge in [-0.2, -0.15) is 0 Å². The number of hydrogen-bond acceptors (Lipinski definition) is 4. The van der Waals surface area contributed by atoms with E-state index < -0.39 is 0 Å². The highest BCUT2D eigenvalue weighted by molar-refractivity contribution is 5.56. The highest BCUT2D eigenvalue weighted by atomic mass is 16.5. The third-order valence-electron chi connectivity index (χ3n) is 2.33. The van der Waals surface area contributed by atoms with Crippen LogP contribution < -0.4 is 11.1 Å². The van der Waals surface area contributed by atoms with Gasteiger partial charge in [-0.25, -0.2) is 0 Å². The van der Waals surface area contributed by atoms with Crippen molar-refractivity contribution >= 4 is 11.4 Å². The van der Waals surface area contributed by atoms with E-state index in [9.17, 15) is 0 Å². The van der Waals surface area contributed by atoms with E-state index in [1.165, 1.54) is 5.56 Å². The Morgan fingerprint density at radius 3 is 2.71 bits per heavy atom. The number of nitrogens with two attached hydrogens (primary N) is 1. The van der Waals surface area contributed by atoms with E-state index in [0.29, 0.717) is 13.2 Å². The molecular formula is C13H22N2O2. The van der Waals surface area contributed by atoms with Crippen LogP contribution in [0.1, 0.15) is 12.0 Å². The number of aryl methyl sites for hydroxylation is 1. The molecule has 0 aromatic heterocycles. The molecule has 0 saturated heterocycles. The van der Waals surface area contributed by atoms with Crippen LogP contribution in [0.4, 0.5) is 11.4 Å². The summed E-state index contributed by atoms with van der Waals surface area (Å²) in [4.78, 5) is 0. The van der Waals surface area contributed by atoms with Crippen molar-refractivity contribution in [3.8, 4) is 0 Å². The molecule has 3 N–H and O–H groups in total. The maximum atomic E-state index is 5.77. The molecule has 0 bridgehead atoms. The van der Waals surface area contributed by atoms with Gasteiger partial charge in [-0.1, -0.05) is 0 Å².